The van der Waals surface area contributed by atoms with E-state index < -0.39 is 11.8 Å². The SMILES string of the molecule is N#Cc1cn(CC(=O)O)cc1-c1cccc(F)c1. The van der Waals surface area contributed by atoms with Crippen molar-refractivity contribution in [3.05, 3.63) is 48.0 Å². The van der Waals surface area contributed by atoms with Crippen LogP contribution in [-0.4, -0.2) is 15.6 Å². The highest BCUT2D eigenvalue weighted by Gasteiger charge is 2.10. The fraction of sp³-hybridized carbons (Fsp3) is 0.0769. The molecule has 2 aromatic rings. The second-order valence-corrected chi connectivity index (χ2v) is 3.77. The van der Waals surface area contributed by atoms with Crippen LogP contribution in [0.4, 0.5) is 4.39 Å². The molecule has 0 aliphatic carbocycles. The van der Waals surface area contributed by atoms with Crippen molar-refractivity contribution in [3.8, 4) is 17.2 Å². The zero-order chi connectivity index (χ0) is 13.1. The topological polar surface area (TPSA) is 66.0 Å². The number of carboxylic acid groups (broad SMARTS) is 1. The minimum Gasteiger partial charge on any atom is -0.480 e. The van der Waals surface area contributed by atoms with Crippen LogP contribution in [0.15, 0.2) is 36.7 Å². The lowest BCUT2D eigenvalue weighted by Gasteiger charge is -1.99. The molecule has 0 bridgehead atoms. The van der Waals surface area contributed by atoms with Crippen LogP contribution in [0.1, 0.15) is 5.56 Å². The van der Waals surface area contributed by atoms with E-state index >= 15 is 0 Å². The van der Waals surface area contributed by atoms with E-state index in [0.29, 0.717) is 16.7 Å². The summed E-state index contributed by atoms with van der Waals surface area (Å²) in [6.07, 6.45) is 2.97. The first kappa shape index (κ1) is 11.9. The highest BCUT2D eigenvalue weighted by atomic mass is 19.1. The molecular weight excluding hydrogens is 235 g/mol. The first-order chi connectivity index (χ1) is 8.60. The van der Waals surface area contributed by atoms with Crippen LogP contribution in [0.2, 0.25) is 0 Å². The van der Waals surface area contributed by atoms with Gasteiger partial charge in [-0.15, -0.1) is 0 Å². The monoisotopic (exact) mass is 244 g/mol. The average Bonchev–Trinajstić information content (AvgIpc) is 2.71. The average molecular weight is 244 g/mol. The van der Waals surface area contributed by atoms with Gasteiger partial charge in [0.25, 0.3) is 0 Å². The van der Waals surface area contributed by atoms with Crippen molar-refractivity contribution in [2.75, 3.05) is 0 Å². The molecule has 0 aliphatic heterocycles. The summed E-state index contributed by atoms with van der Waals surface area (Å²) < 4.78 is 14.5. The van der Waals surface area contributed by atoms with Gasteiger partial charge in [-0.05, 0) is 17.7 Å². The lowest BCUT2D eigenvalue weighted by Crippen LogP contribution is -2.06. The van der Waals surface area contributed by atoms with Crippen molar-refractivity contribution in [3.63, 3.8) is 0 Å². The molecule has 1 heterocycles. The third-order valence-electron chi connectivity index (χ3n) is 2.45. The van der Waals surface area contributed by atoms with Gasteiger partial charge in [-0.1, -0.05) is 12.1 Å². The number of nitrogens with zero attached hydrogens (tertiary/aromatic N) is 2. The molecule has 4 nitrogen and oxygen atoms in total. The quantitative estimate of drug-likeness (QED) is 0.900. The molecule has 0 aliphatic rings. The van der Waals surface area contributed by atoms with Gasteiger partial charge in [0, 0.05) is 18.0 Å². The van der Waals surface area contributed by atoms with Crippen molar-refractivity contribution < 1.29 is 14.3 Å². The van der Waals surface area contributed by atoms with Gasteiger partial charge in [0.15, 0.2) is 0 Å². The number of aromatic nitrogens is 1. The Bertz CT molecular complexity index is 641. The fourth-order valence-corrected chi connectivity index (χ4v) is 1.73. The summed E-state index contributed by atoms with van der Waals surface area (Å²) in [5, 5.41) is 17.7. The van der Waals surface area contributed by atoms with Gasteiger partial charge in [-0.2, -0.15) is 5.26 Å². The first-order valence-electron chi connectivity index (χ1n) is 5.18. The summed E-state index contributed by atoms with van der Waals surface area (Å²) in [7, 11) is 0. The molecule has 0 amide bonds. The van der Waals surface area contributed by atoms with Crippen LogP contribution in [0.25, 0.3) is 11.1 Å². The lowest BCUT2D eigenvalue weighted by molar-refractivity contribution is -0.137. The summed E-state index contributed by atoms with van der Waals surface area (Å²) in [5.41, 5.74) is 1.40. The Morgan fingerprint density at radius 1 is 1.44 bits per heavy atom. The normalized spacial score (nSPS) is 10.0. The molecule has 1 aromatic heterocycles. The maximum atomic E-state index is 13.1. The van der Waals surface area contributed by atoms with E-state index in [9.17, 15) is 9.18 Å². The minimum atomic E-state index is -1.000. The molecular formula is C13H9FN2O2. The van der Waals surface area contributed by atoms with E-state index in [1.54, 1.807) is 12.1 Å². The van der Waals surface area contributed by atoms with Gasteiger partial charge >= 0.3 is 5.97 Å². The molecule has 0 unspecified atom stereocenters. The number of benzene rings is 1. The number of carbonyl (C=O) groups is 1. The summed E-state index contributed by atoms with van der Waals surface area (Å²) in [6, 6.07) is 7.80. The van der Waals surface area contributed by atoms with Gasteiger partial charge in [0.1, 0.15) is 18.4 Å². The number of rotatable bonds is 3. The summed E-state index contributed by atoms with van der Waals surface area (Å²) >= 11 is 0. The minimum absolute atomic E-state index is 0.232. The van der Waals surface area contributed by atoms with Crippen molar-refractivity contribution in [1.82, 2.24) is 4.57 Å². The zero-order valence-corrected chi connectivity index (χ0v) is 9.30. The van der Waals surface area contributed by atoms with Gasteiger partial charge < -0.3 is 9.67 Å². The number of nitriles is 1. The number of aliphatic carboxylic acids is 1. The molecule has 1 N–H and O–H groups in total. The Kier molecular flexibility index (Phi) is 3.11. The summed E-state index contributed by atoms with van der Waals surface area (Å²) in [6.45, 7) is -0.232. The van der Waals surface area contributed by atoms with Gasteiger partial charge in [-0.3, -0.25) is 4.79 Å². The van der Waals surface area contributed by atoms with Crippen LogP contribution in [0.5, 0.6) is 0 Å². The van der Waals surface area contributed by atoms with E-state index in [2.05, 4.69) is 0 Å². The number of halogens is 1. The molecule has 0 radical (unpaired) electrons. The predicted molar refractivity (Wildman–Crippen MR) is 62.2 cm³/mol. The zero-order valence-electron chi connectivity index (χ0n) is 9.30. The van der Waals surface area contributed by atoms with Gasteiger partial charge in [0.05, 0.1) is 5.56 Å². The molecule has 1 aromatic carbocycles. The van der Waals surface area contributed by atoms with Crippen molar-refractivity contribution in [1.29, 1.82) is 5.26 Å². The molecule has 0 spiro atoms. The molecule has 18 heavy (non-hydrogen) atoms. The van der Waals surface area contributed by atoms with E-state index in [0.717, 1.165) is 0 Å². The van der Waals surface area contributed by atoms with Crippen molar-refractivity contribution >= 4 is 5.97 Å². The molecule has 5 heteroatoms. The van der Waals surface area contributed by atoms with Crippen LogP contribution in [0.3, 0.4) is 0 Å². The predicted octanol–water partition coefficient (Wildman–Crippen LogP) is 2.25. The smallest absolute Gasteiger partial charge is 0.323 e. The van der Waals surface area contributed by atoms with Gasteiger partial charge in [-0.25, -0.2) is 4.39 Å². The van der Waals surface area contributed by atoms with Crippen LogP contribution >= 0.6 is 0 Å². The van der Waals surface area contributed by atoms with Crippen molar-refractivity contribution in [2.45, 2.75) is 6.54 Å². The van der Waals surface area contributed by atoms with E-state index in [1.165, 1.54) is 29.1 Å². The number of hydrogen-bond donors (Lipinski definition) is 1. The summed E-state index contributed by atoms with van der Waals surface area (Å²) in [5.74, 6) is -1.40. The Morgan fingerprint density at radius 3 is 2.83 bits per heavy atom. The van der Waals surface area contributed by atoms with E-state index in [1.807, 2.05) is 6.07 Å². The highest BCUT2D eigenvalue weighted by molar-refractivity contribution is 5.71. The molecule has 0 atom stereocenters. The lowest BCUT2D eigenvalue weighted by atomic mass is 10.1. The maximum Gasteiger partial charge on any atom is 0.323 e. The Balaban J connectivity index is 2.47. The second kappa shape index (κ2) is 4.72. The molecule has 90 valence electrons. The Morgan fingerprint density at radius 2 is 2.22 bits per heavy atom. The first-order valence-corrected chi connectivity index (χ1v) is 5.18. The molecule has 0 fully saturated rings. The number of hydrogen-bond acceptors (Lipinski definition) is 2. The fourth-order valence-electron chi connectivity index (χ4n) is 1.73. The van der Waals surface area contributed by atoms with Crippen LogP contribution < -0.4 is 0 Å². The third kappa shape index (κ3) is 2.38. The second-order valence-electron chi connectivity index (χ2n) is 3.77. The van der Waals surface area contributed by atoms with E-state index in [-0.39, 0.29) is 6.54 Å². The largest absolute Gasteiger partial charge is 0.480 e. The maximum absolute atomic E-state index is 13.1. The van der Waals surface area contributed by atoms with E-state index in [4.69, 9.17) is 10.4 Å². The van der Waals surface area contributed by atoms with Crippen molar-refractivity contribution in [2.24, 2.45) is 0 Å². The molecule has 2 rings (SSSR count). The number of carboxylic acids is 1. The Hall–Kier alpha value is -2.61. The molecule has 0 saturated heterocycles. The van der Waals surface area contributed by atoms with Crippen LogP contribution in [0, 0.1) is 17.1 Å². The highest BCUT2D eigenvalue weighted by Crippen LogP contribution is 2.24. The van der Waals surface area contributed by atoms with Crippen LogP contribution in [-0.2, 0) is 11.3 Å². The summed E-state index contributed by atoms with van der Waals surface area (Å²) in [4.78, 5) is 10.6. The van der Waals surface area contributed by atoms with Gasteiger partial charge in [0.2, 0.25) is 0 Å². The Labute approximate surface area is 103 Å². The molecule has 0 saturated carbocycles. The third-order valence-corrected chi connectivity index (χ3v) is 2.45. The standard InChI is InChI=1S/C13H9FN2O2/c14-11-3-1-2-9(4-11)12-7-16(8-13(17)18)6-10(12)5-15/h1-4,6-7H,8H2,(H,17,18).